The van der Waals surface area contributed by atoms with Crippen LogP contribution in [0.3, 0.4) is 0 Å². The minimum atomic E-state index is -3.73. The smallest absolute Gasteiger partial charge is 0.239 e. The summed E-state index contributed by atoms with van der Waals surface area (Å²) in [6, 6.07) is 12.5. The molecule has 7 nitrogen and oxygen atoms in total. The second-order valence-corrected chi connectivity index (χ2v) is 7.99. The van der Waals surface area contributed by atoms with Gasteiger partial charge in [0.05, 0.1) is 19.8 Å². The number of carbonyl (C=O) groups excluding carboxylic acids is 1. The molecular weight excluding hydrogens is 380 g/mol. The number of hydrogen-bond donors (Lipinski definition) is 2. The highest BCUT2D eigenvalue weighted by Crippen LogP contribution is 2.32. The van der Waals surface area contributed by atoms with Gasteiger partial charge in [-0.15, -0.1) is 0 Å². The molecule has 1 aliphatic heterocycles. The molecule has 0 bridgehead atoms. The van der Waals surface area contributed by atoms with Gasteiger partial charge in [-0.1, -0.05) is 29.8 Å². The molecule has 8 heteroatoms. The van der Waals surface area contributed by atoms with Gasteiger partial charge in [0.25, 0.3) is 0 Å². The van der Waals surface area contributed by atoms with Crippen LogP contribution in [0.15, 0.2) is 47.9 Å². The van der Waals surface area contributed by atoms with Crippen molar-refractivity contribution in [3.8, 4) is 11.5 Å². The third-order valence-electron chi connectivity index (χ3n) is 3.98. The highest BCUT2D eigenvalue weighted by molar-refractivity contribution is 7.92. The van der Waals surface area contributed by atoms with Gasteiger partial charge >= 0.3 is 0 Å². The molecule has 1 aliphatic rings. The fraction of sp³-hybridized carbons (Fsp3) is 0.250. The summed E-state index contributed by atoms with van der Waals surface area (Å²) in [5.74, 6) is 0.691. The highest BCUT2D eigenvalue weighted by atomic mass is 32.2. The van der Waals surface area contributed by atoms with Crippen molar-refractivity contribution in [2.24, 2.45) is 0 Å². The molecule has 0 radical (unpaired) electrons. The van der Waals surface area contributed by atoms with Crippen molar-refractivity contribution >= 4 is 27.7 Å². The van der Waals surface area contributed by atoms with Gasteiger partial charge in [0.15, 0.2) is 11.5 Å². The first kappa shape index (κ1) is 19.9. The number of benzene rings is 2. The summed E-state index contributed by atoms with van der Waals surface area (Å²) in [5, 5.41) is 3.68. The molecule has 0 saturated heterocycles. The van der Waals surface area contributed by atoms with E-state index in [-0.39, 0.29) is 6.54 Å². The average molecular weight is 402 g/mol. The summed E-state index contributed by atoms with van der Waals surface area (Å²) in [6.45, 7) is 2.69. The van der Waals surface area contributed by atoms with E-state index in [9.17, 15) is 13.2 Å². The molecule has 3 rings (SSSR count). The van der Waals surface area contributed by atoms with E-state index in [0.717, 1.165) is 23.0 Å². The van der Waals surface area contributed by atoms with Gasteiger partial charge in [-0.3, -0.25) is 4.79 Å². The van der Waals surface area contributed by atoms with Crippen LogP contribution in [0.2, 0.25) is 0 Å². The Morgan fingerprint density at radius 1 is 1.07 bits per heavy atom. The van der Waals surface area contributed by atoms with Gasteiger partial charge in [0.2, 0.25) is 15.9 Å². The van der Waals surface area contributed by atoms with Gasteiger partial charge in [-0.05, 0) is 30.7 Å². The second-order valence-electron chi connectivity index (χ2n) is 6.34. The van der Waals surface area contributed by atoms with E-state index in [0.29, 0.717) is 30.4 Å². The summed E-state index contributed by atoms with van der Waals surface area (Å²) in [6.07, 6.45) is 2.26. The van der Waals surface area contributed by atoms with Crippen molar-refractivity contribution in [2.75, 3.05) is 25.1 Å². The van der Waals surface area contributed by atoms with Crippen LogP contribution >= 0.6 is 0 Å². The van der Waals surface area contributed by atoms with Crippen LogP contribution in [0.4, 0.5) is 5.69 Å². The molecule has 1 amide bonds. The number of hydrogen-bond acceptors (Lipinski definition) is 5. The van der Waals surface area contributed by atoms with Gasteiger partial charge in [0, 0.05) is 23.6 Å². The lowest BCUT2D eigenvalue weighted by Gasteiger charge is -2.10. The van der Waals surface area contributed by atoms with Crippen LogP contribution in [0.1, 0.15) is 17.5 Å². The third kappa shape index (κ3) is 5.83. The molecule has 28 heavy (non-hydrogen) atoms. The molecular formula is C20H22N2O5S. The normalized spacial score (nSPS) is 13.9. The third-order valence-corrected chi connectivity index (χ3v) is 5.02. The Bertz CT molecular complexity index is 969. The number of carbonyl (C=O) groups is 1. The van der Waals surface area contributed by atoms with Crippen molar-refractivity contribution in [2.45, 2.75) is 13.3 Å². The van der Waals surface area contributed by atoms with Crippen LogP contribution in [0, 0.1) is 6.92 Å². The van der Waals surface area contributed by atoms with Crippen molar-refractivity contribution in [1.29, 1.82) is 0 Å². The van der Waals surface area contributed by atoms with Crippen molar-refractivity contribution in [3.05, 3.63) is 59.0 Å². The first-order chi connectivity index (χ1) is 13.4. The number of sulfonamides is 1. The summed E-state index contributed by atoms with van der Waals surface area (Å²) < 4.78 is 37.4. The molecule has 0 aliphatic carbocycles. The summed E-state index contributed by atoms with van der Waals surface area (Å²) >= 11 is 0. The van der Waals surface area contributed by atoms with E-state index in [1.807, 2.05) is 31.2 Å². The maximum Gasteiger partial charge on any atom is 0.239 e. The van der Waals surface area contributed by atoms with Gasteiger partial charge < -0.3 is 14.8 Å². The molecule has 0 atom stereocenters. The van der Waals surface area contributed by atoms with Crippen LogP contribution in [0.25, 0.3) is 6.08 Å². The van der Waals surface area contributed by atoms with Gasteiger partial charge in [-0.25, -0.2) is 13.1 Å². The molecule has 0 fully saturated rings. The van der Waals surface area contributed by atoms with E-state index >= 15 is 0 Å². The molecule has 2 aromatic carbocycles. The molecule has 1 heterocycles. The largest absolute Gasteiger partial charge is 0.490 e. The zero-order valence-corrected chi connectivity index (χ0v) is 16.3. The Hall–Kier alpha value is -2.84. The lowest BCUT2D eigenvalue weighted by molar-refractivity contribution is -0.115. The predicted molar refractivity (Wildman–Crippen MR) is 108 cm³/mol. The van der Waals surface area contributed by atoms with E-state index in [2.05, 4.69) is 10.0 Å². The zero-order chi connectivity index (χ0) is 20.0. The lowest BCUT2D eigenvalue weighted by Crippen LogP contribution is -2.31. The Morgan fingerprint density at radius 2 is 1.79 bits per heavy atom. The van der Waals surface area contributed by atoms with Crippen LogP contribution in [-0.2, 0) is 14.8 Å². The van der Waals surface area contributed by atoms with Crippen molar-refractivity contribution in [3.63, 3.8) is 0 Å². The SMILES string of the molecule is Cc1ccc(/C=C/S(=O)(=O)NCC(=O)Nc2ccc3c(c2)OCCCO3)cc1. The van der Waals surface area contributed by atoms with Gasteiger partial charge in [0.1, 0.15) is 0 Å². The number of fused-ring (bicyclic) bond motifs is 1. The van der Waals surface area contributed by atoms with Crippen molar-refractivity contribution < 1.29 is 22.7 Å². The van der Waals surface area contributed by atoms with Crippen LogP contribution in [-0.4, -0.2) is 34.1 Å². The summed E-state index contributed by atoms with van der Waals surface area (Å²) in [5.41, 5.74) is 2.35. The minimum Gasteiger partial charge on any atom is -0.490 e. The molecule has 0 aromatic heterocycles. The molecule has 0 spiro atoms. The average Bonchev–Trinajstić information content (AvgIpc) is 2.91. The number of aryl methyl sites for hydroxylation is 1. The number of anilines is 1. The van der Waals surface area contributed by atoms with E-state index in [4.69, 9.17) is 9.47 Å². The summed E-state index contributed by atoms with van der Waals surface area (Å²) in [4.78, 5) is 12.1. The standard InChI is InChI=1S/C20H22N2O5S/c1-15-3-5-16(6-4-15)9-12-28(24,25)21-14-20(23)22-17-7-8-18-19(13-17)27-11-2-10-26-18/h3-9,12-13,21H,2,10-11,14H2,1H3,(H,22,23)/b12-9+. The Kier molecular flexibility index (Phi) is 6.33. The lowest BCUT2D eigenvalue weighted by atomic mass is 10.2. The Labute approximate surface area is 164 Å². The molecule has 2 aromatic rings. The highest BCUT2D eigenvalue weighted by Gasteiger charge is 2.13. The van der Waals surface area contributed by atoms with E-state index in [1.165, 1.54) is 6.08 Å². The maximum atomic E-state index is 12.1. The van der Waals surface area contributed by atoms with Crippen LogP contribution < -0.4 is 19.5 Å². The predicted octanol–water partition coefficient (Wildman–Crippen LogP) is 2.69. The Balaban J connectivity index is 1.54. The first-order valence-corrected chi connectivity index (χ1v) is 10.4. The fourth-order valence-electron chi connectivity index (χ4n) is 2.51. The number of rotatable bonds is 6. The second kappa shape index (κ2) is 8.90. The number of ether oxygens (including phenoxy) is 2. The fourth-order valence-corrected chi connectivity index (χ4v) is 3.27. The molecule has 148 valence electrons. The number of amides is 1. The summed E-state index contributed by atoms with van der Waals surface area (Å²) in [7, 11) is -3.73. The first-order valence-electron chi connectivity index (χ1n) is 8.85. The molecule has 0 saturated carbocycles. The monoisotopic (exact) mass is 402 g/mol. The maximum absolute atomic E-state index is 12.1. The van der Waals surface area contributed by atoms with Gasteiger partial charge in [-0.2, -0.15) is 0 Å². The van der Waals surface area contributed by atoms with Crippen molar-refractivity contribution in [1.82, 2.24) is 4.72 Å². The number of nitrogens with one attached hydrogen (secondary N) is 2. The zero-order valence-electron chi connectivity index (χ0n) is 15.5. The molecule has 0 unspecified atom stereocenters. The van der Waals surface area contributed by atoms with E-state index in [1.54, 1.807) is 18.2 Å². The quantitative estimate of drug-likeness (QED) is 0.775. The van der Waals surface area contributed by atoms with E-state index < -0.39 is 15.9 Å². The minimum absolute atomic E-state index is 0.380. The Morgan fingerprint density at radius 3 is 2.54 bits per heavy atom. The van der Waals surface area contributed by atoms with Crippen LogP contribution in [0.5, 0.6) is 11.5 Å². The molecule has 2 N–H and O–H groups in total. The topological polar surface area (TPSA) is 93.7 Å².